The van der Waals surface area contributed by atoms with Gasteiger partial charge < -0.3 is 37.0 Å². The lowest BCUT2D eigenvalue weighted by atomic mass is 10.0. The van der Waals surface area contributed by atoms with Gasteiger partial charge in [0, 0.05) is 0 Å². The monoisotopic (exact) mass is 450 g/mol. The van der Waals surface area contributed by atoms with E-state index >= 15 is 0 Å². The average Bonchev–Trinajstić information content (AvgIpc) is 2.66. The first-order valence-corrected chi connectivity index (χ1v) is 10.5. The predicted molar refractivity (Wildman–Crippen MR) is 109 cm³/mol. The van der Waals surface area contributed by atoms with Crippen molar-refractivity contribution in [3.63, 3.8) is 0 Å². The van der Waals surface area contributed by atoms with Gasteiger partial charge in [0.1, 0.15) is 18.1 Å². The third-order valence-electron chi connectivity index (χ3n) is 4.07. The third kappa shape index (κ3) is 9.89. The van der Waals surface area contributed by atoms with Gasteiger partial charge >= 0.3 is 11.9 Å². The Hall–Kier alpha value is -2.38. The summed E-state index contributed by atoms with van der Waals surface area (Å²) < 4.78 is 0. The maximum Gasteiger partial charge on any atom is 0.326 e. The Kier molecular flexibility index (Phi) is 12.7. The zero-order valence-corrected chi connectivity index (χ0v) is 17.9. The van der Waals surface area contributed by atoms with Crippen LogP contribution in [0.25, 0.3) is 0 Å². The summed E-state index contributed by atoms with van der Waals surface area (Å²) in [5.41, 5.74) is 5.68. The third-order valence-corrected chi connectivity index (χ3v) is 4.72. The van der Waals surface area contributed by atoms with Crippen molar-refractivity contribution in [3.8, 4) is 0 Å². The second kappa shape index (κ2) is 13.8. The molecule has 8 N–H and O–H groups in total. The lowest BCUT2D eigenvalue weighted by Crippen LogP contribution is -2.58. The minimum atomic E-state index is -1.61. The van der Waals surface area contributed by atoms with Gasteiger partial charge in [0.15, 0.2) is 0 Å². The minimum absolute atomic E-state index is 0.0956. The van der Waals surface area contributed by atoms with E-state index in [2.05, 4.69) is 16.0 Å². The fourth-order valence-electron chi connectivity index (χ4n) is 2.19. The molecule has 0 aliphatic carbocycles. The molecule has 0 spiro atoms. The second-order valence-corrected chi connectivity index (χ2v) is 7.84. The number of aliphatic hydroxyl groups excluding tert-OH is 1. The van der Waals surface area contributed by atoms with Gasteiger partial charge in [-0.1, -0.05) is 13.8 Å². The smallest absolute Gasteiger partial charge is 0.326 e. The van der Waals surface area contributed by atoms with E-state index in [1.54, 1.807) is 20.1 Å². The first-order chi connectivity index (χ1) is 13.9. The van der Waals surface area contributed by atoms with Crippen molar-refractivity contribution in [2.45, 2.75) is 50.9 Å². The molecule has 0 aromatic rings. The fourth-order valence-corrected chi connectivity index (χ4v) is 2.66. The van der Waals surface area contributed by atoms with Crippen LogP contribution in [0.2, 0.25) is 0 Å². The molecule has 0 aromatic carbocycles. The molecule has 13 heteroatoms. The van der Waals surface area contributed by atoms with Crippen LogP contribution >= 0.6 is 11.8 Å². The van der Waals surface area contributed by atoms with Crippen molar-refractivity contribution < 1.29 is 39.3 Å². The molecule has 0 radical (unpaired) electrons. The van der Waals surface area contributed by atoms with Crippen LogP contribution in [0, 0.1) is 5.92 Å². The Morgan fingerprint density at radius 3 is 1.83 bits per heavy atom. The molecule has 0 aliphatic heterocycles. The number of hydrogen-bond acceptors (Lipinski definition) is 8. The molecule has 0 heterocycles. The Morgan fingerprint density at radius 1 is 0.900 bits per heavy atom. The largest absolute Gasteiger partial charge is 0.481 e. The molecule has 0 aromatic heterocycles. The molecular weight excluding hydrogens is 420 g/mol. The van der Waals surface area contributed by atoms with E-state index in [0.717, 1.165) is 0 Å². The maximum atomic E-state index is 12.4. The van der Waals surface area contributed by atoms with Crippen LogP contribution < -0.4 is 21.7 Å². The number of aliphatic hydroxyl groups is 1. The number of carbonyl (C=O) groups excluding carboxylic acids is 3. The number of aliphatic carboxylic acids is 2. The van der Waals surface area contributed by atoms with Crippen LogP contribution in [0.1, 0.15) is 26.7 Å². The number of carboxylic acids is 2. The van der Waals surface area contributed by atoms with Gasteiger partial charge in [-0.3, -0.25) is 19.2 Å². The van der Waals surface area contributed by atoms with E-state index < -0.39 is 66.9 Å². The molecule has 4 unspecified atom stereocenters. The van der Waals surface area contributed by atoms with Crippen molar-refractivity contribution in [2.24, 2.45) is 11.7 Å². The molecule has 0 saturated heterocycles. The number of hydrogen-bond donors (Lipinski definition) is 7. The van der Waals surface area contributed by atoms with Crippen molar-refractivity contribution in [1.82, 2.24) is 16.0 Å². The lowest BCUT2D eigenvalue weighted by molar-refractivity contribution is -0.143. The van der Waals surface area contributed by atoms with E-state index in [1.165, 1.54) is 11.8 Å². The number of amides is 3. The van der Waals surface area contributed by atoms with Gasteiger partial charge in [-0.2, -0.15) is 11.8 Å². The predicted octanol–water partition coefficient (Wildman–Crippen LogP) is -2.27. The van der Waals surface area contributed by atoms with E-state index in [0.29, 0.717) is 5.75 Å². The molecule has 172 valence electrons. The summed E-state index contributed by atoms with van der Waals surface area (Å²) in [6.45, 7) is 2.54. The zero-order valence-electron chi connectivity index (χ0n) is 17.1. The van der Waals surface area contributed by atoms with Crippen LogP contribution in [-0.2, 0) is 24.0 Å². The number of nitrogens with one attached hydrogen (secondary N) is 3. The summed E-state index contributed by atoms with van der Waals surface area (Å²) in [7, 11) is 0. The number of nitrogens with two attached hydrogens (primary N) is 1. The summed E-state index contributed by atoms with van der Waals surface area (Å²) in [6.07, 6.45) is 1.02. The number of carbonyl (C=O) groups is 5. The molecule has 0 bridgehead atoms. The quantitative estimate of drug-likeness (QED) is 0.151. The SMILES string of the molecule is CSCCC(NC(=O)C(CC(=O)O)NC(=O)C(CO)NC(=O)C(N)C(C)C)C(=O)O. The zero-order chi connectivity index (χ0) is 23.4. The summed E-state index contributed by atoms with van der Waals surface area (Å²) in [4.78, 5) is 59.1. The highest BCUT2D eigenvalue weighted by atomic mass is 32.2. The molecule has 3 amide bonds. The Balaban J connectivity index is 5.26. The van der Waals surface area contributed by atoms with Gasteiger partial charge in [-0.05, 0) is 24.3 Å². The molecule has 4 atom stereocenters. The number of thioether (sulfide) groups is 1. The highest BCUT2D eigenvalue weighted by Gasteiger charge is 2.31. The molecule has 12 nitrogen and oxygen atoms in total. The van der Waals surface area contributed by atoms with Gasteiger partial charge in [0.2, 0.25) is 17.7 Å². The van der Waals surface area contributed by atoms with E-state index in [1.807, 2.05) is 0 Å². The second-order valence-electron chi connectivity index (χ2n) is 6.85. The van der Waals surface area contributed by atoms with Crippen LogP contribution in [-0.4, -0.2) is 87.8 Å². The minimum Gasteiger partial charge on any atom is -0.481 e. The van der Waals surface area contributed by atoms with Crippen LogP contribution in [0.15, 0.2) is 0 Å². The Morgan fingerprint density at radius 2 is 1.40 bits per heavy atom. The lowest BCUT2D eigenvalue weighted by Gasteiger charge is -2.24. The van der Waals surface area contributed by atoms with Gasteiger partial charge in [0.05, 0.1) is 19.1 Å². The van der Waals surface area contributed by atoms with E-state index in [4.69, 9.17) is 10.8 Å². The van der Waals surface area contributed by atoms with Crippen molar-refractivity contribution >= 4 is 41.4 Å². The van der Waals surface area contributed by atoms with E-state index in [-0.39, 0.29) is 12.3 Å². The number of carboxylic acid groups (broad SMARTS) is 2. The van der Waals surface area contributed by atoms with Gasteiger partial charge in [-0.25, -0.2) is 4.79 Å². The maximum absolute atomic E-state index is 12.4. The highest BCUT2D eigenvalue weighted by molar-refractivity contribution is 7.98. The number of rotatable bonds is 14. The first kappa shape index (κ1) is 27.6. The summed E-state index contributed by atoms with van der Waals surface area (Å²) >= 11 is 1.36. The van der Waals surface area contributed by atoms with Gasteiger partial charge in [0.25, 0.3) is 0 Å². The van der Waals surface area contributed by atoms with Crippen LogP contribution in [0.5, 0.6) is 0 Å². The fraction of sp³-hybridized carbons (Fsp3) is 0.706. The first-order valence-electron chi connectivity index (χ1n) is 9.15. The molecule has 0 fully saturated rings. The van der Waals surface area contributed by atoms with E-state index in [9.17, 15) is 34.2 Å². The average molecular weight is 451 g/mol. The van der Waals surface area contributed by atoms with Gasteiger partial charge in [-0.15, -0.1) is 0 Å². The highest BCUT2D eigenvalue weighted by Crippen LogP contribution is 2.04. The molecule has 0 rings (SSSR count). The molecule has 0 aliphatic rings. The van der Waals surface area contributed by atoms with Crippen LogP contribution in [0.3, 0.4) is 0 Å². The van der Waals surface area contributed by atoms with Crippen molar-refractivity contribution in [3.05, 3.63) is 0 Å². The summed E-state index contributed by atoms with van der Waals surface area (Å²) in [5.74, 6) is -5.27. The normalized spacial score (nSPS) is 14.9. The summed E-state index contributed by atoms with van der Waals surface area (Å²) in [5, 5.41) is 34.2. The topological polar surface area (TPSA) is 208 Å². The summed E-state index contributed by atoms with van der Waals surface area (Å²) in [6, 6.07) is -5.30. The molecular formula is C17H30N4O8S. The standard InChI is InChI=1S/C17H30N4O8S/c1-8(2)13(18)16(27)21-11(7-22)15(26)20-10(6-12(23)24)14(25)19-9(17(28)29)4-5-30-3/h8-11,13,22H,4-7,18H2,1-3H3,(H,19,25)(H,20,26)(H,21,27)(H,23,24)(H,28,29). The van der Waals surface area contributed by atoms with Crippen LogP contribution in [0.4, 0.5) is 0 Å². The van der Waals surface area contributed by atoms with Crippen molar-refractivity contribution in [2.75, 3.05) is 18.6 Å². The molecule has 30 heavy (non-hydrogen) atoms. The van der Waals surface area contributed by atoms with Crippen molar-refractivity contribution in [1.29, 1.82) is 0 Å². The molecule has 0 saturated carbocycles. The Labute approximate surface area is 178 Å². The Bertz CT molecular complexity index is 631.